The van der Waals surface area contributed by atoms with Crippen molar-refractivity contribution < 1.29 is 9.18 Å². The molecule has 0 fully saturated rings. The summed E-state index contributed by atoms with van der Waals surface area (Å²) in [6.45, 7) is 1.71. The van der Waals surface area contributed by atoms with Gasteiger partial charge in [0, 0.05) is 25.4 Å². The monoisotopic (exact) mass is 300 g/mol. The molecular formula is C14H13FN6O. The SMILES string of the molecule is CC(=O)NCc1cn(-c2ccc(-n3ccnc3)c(F)c2)nn1. The third kappa shape index (κ3) is 2.85. The molecule has 1 N–H and O–H groups in total. The maximum atomic E-state index is 14.2. The van der Waals surface area contributed by atoms with Crippen LogP contribution in [0, 0.1) is 5.82 Å². The second kappa shape index (κ2) is 5.76. The number of hydrogen-bond acceptors (Lipinski definition) is 4. The zero-order chi connectivity index (χ0) is 15.5. The Morgan fingerprint density at radius 3 is 2.95 bits per heavy atom. The fourth-order valence-electron chi connectivity index (χ4n) is 1.97. The Hall–Kier alpha value is -3.03. The lowest BCUT2D eigenvalue weighted by molar-refractivity contribution is -0.119. The van der Waals surface area contributed by atoms with E-state index in [4.69, 9.17) is 0 Å². The normalized spacial score (nSPS) is 10.6. The van der Waals surface area contributed by atoms with Gasteiger partial charge in [-0.2, -0.15) is 0 Å². The molecule has 0 atom stereocenters. The van der Waals surface area contributed by atoms with Gasteiger partial charge in [-0.25, -0.2) is 14.1 Å². The lowest BCUT2D eigenvalue weighted by atomic mass is 10.2. The third-order valence-corrected chi connectivity index (χ3v) is 3.04. The minimum atomic E-state index is -0.394. The number of imidazole rings is 1. The van der Waals surface area contributed by atoms with Gasteiger partial charge in [-0.3, -0.25) is 4.79 Å². The predicted molar refractivity (Wildman–Crippen MR) is 76.0 cm³/mol. The number of carbonyl (C=O) groups excluding carboxylic acids is 1. The first-order valence-corrected chi connectivity index (χ1v) is 6.57. The Bertz CT molecular complexity index is 796. The van der Waals surface area contributed by atoms with E-state index in [0.717, 1.165) is 0 Å². The van der Waals surface area contributed by atoms with Gasteiger partial charge in [-0.05, 0) is 12.1 Å². The zero-order valence-corrected chi connectivity index (χ0v) is 11.8. The van der Waals surface area contributed by atoms with E-state index >= 15 is 0 Å². The van der Waals surface area contributed by atoms with Crippen molar-refractivity contribution in [3.05, 3.63) is 54.6 Å². The van der Waals surface area contributed by atoms with Gasteiger partial charge in [0.25, 0.3) is 0 Å². The molecule has 0 saturated heterocycles. The number of aromatic nitrogens is 5. The summed E-state index contributed by atoms with van der Waals surface area (Å²) in [5, 5.41) is 10.5. The van der Waals surface area contributed by atoms with Crippen LogP contribution in [0.1, 0.15) is 12.6 Å². The second-order valence-corrected chi connectivity index (χ2v) is 4.67. The molecule has 2 heterocycles. The molecule has 0 radical (unpaired) electrons. The van der Waals surface area contributed by atoms with Crippen LogP contribution in [0.3, 0.4) is 0 Å². The minimum absolute atomic E-state index is 0.148. The molecule has 8 heteroatoms. The van der Waals surface area contributed by atoms with Crippen LogP contribution in [-0.4, -0.2) is 30.5 Å². The molecule has 112 valence electrons. The van der Waals surface area contributed by atoms with Crippen LogP contribution < -0.4 is 5.32 Å². The molecule has 1 amide bonds. The predicted octanol–water partition coefficient (Wildman–Crippen LogP) is 1.23. The van der Waals surface area contributed by atoms with E-state index in [2.05, 4.69) is 20.6 Å². The largest absolute Gasteiger partial charge is 0.351 e. The third-order valence-electron chi connectivity index (χ3n) is 3.04. The van der Waals surface area contributed by atoms with Gasteiger partial charge in [0.15, 0.2) is 0 Å². The Morgan fingerprint density at radius 1 is 1.41 bits per heavy atom. The van der Waals surface area contributed by atoms with Crippen LogP contribution in [0.4, 0.5) is 4.39 Å². The zero-order valence-electron chi connectivity index (χ0n) is 11.8. The Kier molecular flexibility index (Phi) is 3.65. The topological polar surface area (TPSA) is 77.6 Å². The Balaban J connectivity index is 1.84. The average molecular weight is 300 g/mol. The van der Waals surface area contributed by atoms with Crippen molar-refractivity contribution in [3.63, 3.8) is 0 Å². The summed E-state index contributed by atoms with van der Waals surface area (Å²) in [5.41, 5.74) is 1.54. The summed E-state index contributed by atoms with van der Waals surface area (Å²) in [5.74, 6) is -0.542. The van der Waals surface area contributed by atoms with E-state index < -0.39 is 5.82 Å². The first-order valence-electron chi connectivity index (χ1n) is 6.57. The number of rotatable bonds is 4. The van der Waals surface area contributed by atoms with E-state index in [1.165, 1.54) is 24.0 Å². The van der Waals surface area contributed by atoms with Crippen LogP contribution in [-0.2, 0) is 11.3 Å². The van der Waals surface area contributed by atoms with E-state index in [1.54, 1.807) is 35.3 Å². The molecule has 0 aliphatic carbocycles. The highest BCUT2D eigenvalue weighted by Crippen LogP contribution is 2.17. The molecule has 3 aromatic rings. The van der Waals surface area contributed by atoms with E-state index in [9.17, 15) is 9.18 Å². The number of benzene rings is 1. The first kappa shape index (κ1) is 13.9. The summed E-state index contributed by atoms with van der Waals surface area (Å²) in [6, 6.07) is 4.74. The van der Waals surface area contributed by atoms with Gasteiger partial charge in [0.05, 0.1) is 30.4 Å². The fourth-order valence-corrected chi connectivity index (χ4v) is 1.97. The van der Waals surface area contributed by atoms with Crippen LogP contribution in [0.5, 0.6) is 0 Å². The van der Waals surface area contributed by atoms with Gasteiger partial charge >= 0.3 is 0 Å². The van der Waals surface area contributed by atoms with Gasteiger partial charge in [-0.15, -0.1) is 5.10 Å². The van der Waals surface area contributed by atoms with Crippen LogP contribution in [0.15, 0.2) is 43.1 Å². The van der Waals surface area contributed by atoms with Crippen molar-refractivity contribution >= 4 is 5.91 Å². The van der Waals surface area contributed by atoms with Crippen molar-refractivity contribution in [1.29, 1.82) is 0 Å². The molecule has 7 nitrogen and oxygen atoms in total. The maximum Gasteiger partial charge on any atom is 0.217 e. The van der Waals surface area contributed by atoms with Crippen molar-refractivity contribution in [2.24, 2.45) is 0 Å². The van der Waals surface area contributed by atoms with E-state index in [-0.39, 0.29) is 12.5 Å². The molecule has 0 saturated carbocycles. The molecular weight excluding hydrogens is 287 g/mol. The highest BCUT2D eigenvalue weighted by molar-refractivity contribution is 5.72. The number of amides is 1. The maximum absolute atomic E-state index is 14.2. The Morgan fingerprint density at radius 2 is 2.27 bits per heavy atom. The average Bonchev–Trinajstić information content (AvgIpc) is 3.16. The lowest BCUT2D eigenvalue weighted by Crippen LogP contribution is -2.19. The number of hydrogen-bond donors (Lipinski definition) is 1. The summed E-state index contributed by atoms with van der Waals surface area (Å²) in [6.07, 6.45) is 6.42. The Labute approximate surface area is 125 Å². The van der Waals surface area contributed by atoms with Gasteiger partial charge in [0.2, 0.25) is 5.91 Å². The summed E-state index contributed by atoms with van der Waals surface area (Å²) < 4.78 is 17.2. The van der Waals surface area contributed by atoms with Crippen molar-refractivity contribution in [1.82, 2.24) is 29.9 Å². The van der Waals surface area contributed by atoms with Crippen LogP contribution in [0.2, 0.25) is 0 Å². The van der Waals surface area contributed by atoms with Gasteiger partial charge in [0.1, 0.15) is 11.5 Å². The van der Waals surface area contributed by atoms with Crippen LogP contribution in [0.25, 0.3) is 11.4 Å². The van der Waals surface area contributed by atoms with E-state index in [1.807, 2.05) is 0 Å². The molecule has 1 aromatic carbocycles. The molecule has 0 bridgehead atoms. The number of nitrogens with one attached hydrogen (secondary N) is 1. The molecule has 2 aromatic heterocycles. The molecule has 3 rings (SSSR count). The summed E-state index contributed by atoms with van der Waals surface area (Å²) in [4.78, 5) is 14.8. The van der Waals surface area contributed by atoms with Gasteiger partial charge in [-0.1, -0.05) is 5.21 Å². The highest BCUT2D eigenvalue weighted by Gasteiger charge is 2.08. The van der Waals surface area contributed by atoms with Crippen molar-refractivity contribution in [3.8, 4) is 11.4 Å². The minimum Gasteiger partial charge on any atom is -0.351 e. The number of halogens is 1. The number of nitrogens with zero attached hydrogens (tertiary/aromatic N) is 5. The standard InChI is InChI=1S/C14H13FN6O/c1-10(22)17-7-11-8-21(19-18-11)12-2-3-14(13(15)6-12)20-5-4-16-9-20/h2-6,8-9H,7H2,1H3,(H,17,22). The molecule has 0 aliphatic rings. The smallest absolute Gasteiger partial charge is 0.217 e. The second-order valence-electron chi connectivity index (χ2n) is 4.67. The highest BCUT2D eigenvalue weighted by atomic mass is 19.1. The molecule has 0 unspecified atom stereocenters. The molecule has 0 aliphatic heterocycles. The van der Waals surface area contributed by atoms with Crippen LogP contribution >= 0.6 is 0 Å². The first-order chi connectivity index (χ1) is 10.6. The molecule has 0 spiro atoms. The quantitative estimate of drug-likeness (QED) is 0.786. The van der Waals surface area contributed by atoms with Crippen molar-refractivity contribution in [2.45, 2.75) is 13.5 Å². The number of carbonyl (C=O) groups is 1. The fraction of sp³-hybridized carbons (Fsp3) is 0.143. The van der Waals surface area contributed by atoms with E-state index in [0.29, 0.717) is 17.1 Å². The van der Waals surface area contributed by atoms with Gasteiger partial charge < -0.3 is 9.88 Å². The van der Waals surface area contributed by atoms with Crippen molar-refractivity contribution in [2.75, 3.05) is 0 Å². The summed E-state index contributed by atoms with van der Waals surface area (Å²) >= 11 is 0. The molecule has 22 heavy (non-hydrogen) atoms. The summed E-state index contributed by atoms with van der Waals surface area (Å²) in [7, 11) is 0. The lowest BCUT2D eigenvalue weighted by Gasteiger charge is -2.06.